The molecule has 1 heterocycles. The molecule has 0 saturated carbocycles. The molecule has 21 heavy (non-hydrogen) atoms. The van der Waals surface area contributed by atoms with E-state index < -0.39 is 0 Å². The van der Waals surface area contributed by atoms with Crippen LogP contribution in [0, 0.1) is 6.92 Å². The van der Waals surface area contributed by atoms with Gasteiger partial charge in [0.25, 0.3) is 0 Å². The van der Waals surface area contributed by atoms with Crippen LogP contribution in [0.1, 0.15) is 49.1 Å². The zero-order valence-corrected chi connectivity index (χ0v) is 13.1. The van der Waals surface area contributed by atoms with Crippen molar-refractivity contribution in [1.82, 2.24) is 4.98 Å². The highest BCUT2D eigenvalue weighted by molar-refractivity contribution is 5.14. The number of benzene rings is 1. The molecule has 0 radical (unpaired) electrons. The summed E-state index contributed by atoms with van der Waals surface area (Å²) >= 11 is 0. The normalized spacial score (nSPS) is 12.3. The van der Waals surface area contributed by atoms with E-state index in [1.807, 2.05) is 6.07 Å². The zero-order chi connectivity index (χ0) is 14.9. The van der Waals surface area contributed by atoms with Gasteiger partial charge in [-0.25, -0.2) is 0 Å². The summed E-state index contributed by atoms with van der Waals surface area (Å²) < 4.78 is 5.75. The van der Waals surface area contributed by atoms with Crippen LogP contribution in [0.3, 0.4) is 0 Å². The van der Waals surface area contributed by atoms with Crippen LogP contribution in [0.2, 0.25) is 0 Å². The van der Waals surface area contributed by atoms with Gasteiger partial charge in [0.2, 0.25) is 0 Å². The first-order chi connectivity index (χ1) is 10.3. The SMILES string of the molecule is CCC(CCCOCc1ccccc1)c1cccc(C)n1. The molecule has 0 aliphatic rings. The van der Waals surface area contributed by atoms with Crippen LogP contribution in [0.5, 0.6) is 0 Å². The van der Waals surface area contributed by atoms with Gasteiger partial charge in [-0.2, -0.15) is 0 Å². The minimum absolute atomic E-state index is 0.547. The fourth-order valence-electron chi connectivity index (χ4n) is 2.55. The first-order valence-corrected chi connectivity index (χ1v) is 7.85. The van der Waals surface area contributed by atoms with Crippen molar-refractivity contribution in [2.75, 3.05) is 6.61 Å². The first kappa shape index (κ1) is 15.7. The molecule has 0 aliphatic heterocycles. The summed E-state index contributed by atoms with van der Waals surface area (Å²) in [6, 6.07) is 16.6. The fraction of sp³-hybridized carbons (Fsp3) is 0.421. The van der Waals surface area contributed by atoms with Crippen molar-refractivity contribution in [3.63, 3.8) is 0 Å². The van der Waals surface area contributed by atoms with Crippen molar-refractivity contribution < 1.29 is 4.74 Å². The van der Waals surface area contributed by atoms with Crippen molar-refractivity contribution in [3.8, 4) is 0 Å². The van der Waals surface area contributed by atoms with Gasteiger partial charge in [-0.3, -0.25) is 4.98 Å². The Hall–Kier alpha value is -1.67. The first-order valence-electron chi connectivity index (χ1n) is 7.85. The molecule has 0 aliphatic carbocycles. The highest BCUT2D eigenvalue weighted by Crippen LogP contribution is 2.23. The van der Waals surface area contributed by atoms with E-state index in [0.717, 1.165) is 31.6 Å². The molecule has 2 aromatic rings. The maximum atomic E-state index is 5.75. The molecule has 112 valence electrons. The van der Waals surface area contributed by atoms with Gasteiger partial charge < -0.3 is 4.74 Å². The topological polar surface area (TPSA) is 22.1 Å². The van der Waals surface area contributed by atoms with Gasteiger partial charge in [0.1, 0.15) is 0 Å². The highest BCUT2D eigenvalue weighted by Gasteiger charge is 2.10. The predicted molar refractivity (Wildman–Crippen MR) is 87.3 cm³/mol. The lowest BCUT2D eigenvalue weighted by Gasteiger charge is -2.14. The molecule has 0 fully saturated rings. The van der Waals surface area contributed by atoms with Crippen LogP contribution >= 0.6 is 0 Å². The van der Waals surface area contributed by atoms with Gasteiger partial charge in [-0.05, 0) is 43.9 Å². The molecule has 2 rings (SSSR count). The van der Waals surface area contributed by atoms with Gasteiger partial charge in [-0.15, -0.1) is 0 Å². The van der Waals surface area contributed by atoms with Crippen molar-refractivity contribution in [3.05, 3.63) is 65.5 Å². The van der Waals surface area contributed by atoms with Crippen LogP contribution < -0.4 is 0 Å². The summed E-state index contributed by atoms with van der Waals surface area (Å²) in [4.78, 5) is 4.65. The lowest BCUT2D eigenvalue weighted by atomic mass is 9.96. The second-order valence-electron chi connectivity index (χ2n) is 5.49. The fourth-order valence-corrected chi connectivity index (χ4v) is 2.55. The second kappa shape index (κ2) is 8.58. The molecular weight excluding hydrogens is 258 g/mol. The Morgan fingerprint density at radius 3 is 2.57 bits per heavy atom. The van der Waals surface area contributed by atoms with Crippen molar-refractivity contribution in [2.45, 2.75) is 45.6 Å². The average Bonchev–Trinajstić information content (AvgIpc) is 2.52. The third kappa shape index (κ3) is 5.31. The molecule has 2 heteroatoms. The number of aromatic nitrogens is 1. The Morgan fingerprint density at radius 2 is 1.86 bits per heavy atom. The third-order valence-corrected chi connectivity index (χ3v) is 3.77. The predicted octanol–water partition coefficient (Wildman–Crippen LogP) is 4.88. The quantitative estimate of drug-likeness (QED) is 0.644. The van der Waals surface area contributed by atoms with E-state index in [9.17, 15) is 0 Å². The Morgan fingerprint density at radius 1 is 1.05 bits per heavy atom. The molecule has 2 nitrogen and oxygen atoms in total. The monoisotopic (exact) mass is 283 g/mol. The van der Waals surface area contributed by atoms with E-state index in [4.69, 9.17) is 4.74 Å². The Balaban J connectivity index is 1.71. The Kier molecular flexibility index (Phi) is 6.42. The van der Waals surface area contributed by atoms with E-state index in [-0.39, 0.29) is 0 Å². The van der Waals surface area contributed by atoms with Crippen molar-refractivity contribution in [1.29, 1.82) is 0 Å². The van der Waals surface area contributed by atoms with Gasteiger partial charge in [-0.1, -0.05) is 43.3 Å². The Bertz CT molecular complexity index is 524. The number of hydrogen-bond donors (Lipinski definition) is 0. The van der Waals surface area contributed by atoms with Gasteiger partial charge >= 0.3 is 0 Å². The van der Waals surface area contributed by atoms with Crippen LogP contribution in [-0.2, 0) is 11.3 Å². The number of rotatable bonds is 8. The molecule has 1 atom stereocenters. The van der Waals surface area contributed by atoms with E-state index in [1.165, 1.54) is 11.3 Å². The summed E-state index contributed by atoms with van der Waals surface area (Å²) in [5.74, 6) is 0.547. The second-order valence-corrected chi connectivity index (χ2v) is 5.49. The molecule has 0 N–H and O–H groups in total. The summed E-state index contributed by atoms with van der Waals surface area (Å²) in [6.45, 7) is 5.82. The van der Waals surface area contributed by atoms with Gasteiger partial charge in [0.15, 0.2) is 0 Å². The van der Waals surface area contributed by atoms with Gasteiger partial charge in [0.05, 0.1) is 6.61 Å². The Labute approximate surface area is 128 Å². The number of hydrogen-bond acceptors (Lipinski definition) is 2. The highest BCUT2D eigenvalue weighted by atomic mass is 16.5. The molecule has 1 aromatic carbocycles. The van der Waals surface area contributed by atoms with E-state index in [0.29, 0.717) is 12.5 Å². The summed E-state index contributed by atoms with van der Waals surface area (Å²) in [5.41, 5.74) is 3.57. The zero-order valence-electron chi connectivity index (χ0n) is 13.1. The standard InChI is InChI=1S/C19H25NO/c1-3-18(19-13-7-9-16(2)20-19)12-8-14-21-15-17-10-5-4-6-11-17/h4-7,9-11,13,18H,3,8,12,14-15H2,1-2H3. The van der Waals surface area contributed by atoms with Crippen LogP contribution in [-0.4, -0.2) is 11.6 Å². The maximum Gasteiger partial charge on any atom is 0.0716 e. The smallest absolute Gasteiger partial charge is 0.0716 e. The maximum absolute atomic E-state index is 5.75. The molecular formula is C19H25NO. The largest absolute Gasteiger partial charge is 0.377 e. The molecule has 0 spiro atoms. The molecule has 1 unspecified atom stereocenters. The number of pyridine rings is 1. The van der Waals surface area contributed by atoms with Crippen molar-refractivity contribution in [2.24, 2.45) is 0 Å². The van der Waals surface area contributed by atoms with Gasteiger partial charge in [0, 0.05) is 23.9 Å². The number of ether oxygens (including phenoxy) is 1. The number of aryl methyl sites for hydroxylation is 1. The lowest BCUT2D eigenvalue weighted by Crippen LogP contribution is -2.04. The minimum atomic E-state index is 0.547. The molecule has 1 aromatic heterocycles. The molecule has 0 saturated heterocycles. The van der Waals surface area contributed by atoms with Crippen LogP contribution in [0.4, 0.5) is 0 Å². The summed E-state index contributed by atoms with van der Waals surface area (Å²) in [6.07, 6.45) is 3.36. The van der Waals surface area contributed by atoms with E-state index in [2.05, 4.69) is 61.3 Å². The third-order valence-electron chi connectivity index (χ3n) is 3.77. The molecule has 0 amide bonds. The molecule has 0 bridgehead atoms. The van der Waals surface area contributed by atoms with E-state index in [1.54, 1.807) is 0 Å². The lowest BCUT2D eigenvalue weighted by molar-refractivity contribution is 0.115. The summed E-state index contributed by atoms with van der Waals surface area (Å²) in [5, 5.41) is 0. The average molecular weight is 283 g/mol. The van der Waals surface area contributed by atoms with Crippen molar-refractivity contribution >= 4 is 0 Å². The number of nitrogens with zero attached hydrogens (tertiary/aromatic N) is 1. The minimum Gasteiger partial charge on any atom is -0.377 e. The van der Waals surface area contributed by atoms with Crippen LogP contribution in [0.25, 0.3) is 0 Å². The summed E-state index contributed by atoms with van der Waals surface area (Å²) in [7, 11) is 0. The van der Waals surface area contributed by atoms with Crippen LogP contribution in [0.15, 0.2) is 48.5 Å². The van der Waals surface area contributed by atoms with E-state index >= 15 is 0 Å².